The molecular weight excluding hydrogens is 328 g/mol. The summed E-state index contributed by atoms with van der Waals surface area (Å²) in [6.07, 6.45) is 0.928. The Morgan fingerprint density at radius 1 is 1.25 bits per heavy atom. The summed E-state index contributed by atoms with van der Waals surface area (Å²) in [5, 5.41) is 14.4. The minimum Gasteiger partial charge on any atom is -0.495 e. The number of hydrogen-bond donors (Lipinski definition) is 2. The number of amides is 1. The first kappa shape index (κ1) is 18.0. The van der Waals surface area contributed by atoms with Crippen LogP contribution in [0.25, 0.3) is 0 Å². The lowest BCUT2D eigenvalue weighted by Crippen LogP contribution is -2.26. The van der Waals surface area contributed by atoms with Crippen molar-refractivity contribution in [3.05, 3.63) is 41.0 Å². The molecule has 6 nitrogen and oxygen atoms in total. The molecule has 0 fully saturated rings. The Morgan fingerprint density at radius 2 is 2.04 bits per heavy atom. The number of anilines is 2. The Morgan fingerprint density at radius 3 is 2.62 bits per heavy atom. The van der Waals surface area contributed by atoms with Crippen LogP contribution in [0.3, 0.4) is 0 Å². The van der Waals surface area contributed by atoms with Crippen LogP contribution < -0.4 is 15.4 Å². The normalized spacial score (nSPS) is 10.5. The third-order valence-corrected chi connectivity index (χ3v) is 3.62. The van der Waals surface area contributed by atoms with Crippen molar-refractivity contribution >= 4 is 29.0 Å². The highest BCUT2D eigenvalue weighted by atomic mass is 35.5. The van der Waals surface area contributed by atoms with E-state index in [1.165, 1.54) is 0 Å². The molecule has 7 heteroatoms. The van der Waals surface area contributed by atoms with Gasteiger partial charge in [0.25, 0.3) is 5.91 Å². The van der Waals surface area contributed by atoms with E-state index in [9.17, 15) is 4.79 Å². The molecule has 0 aliphatic rings. The van der Waals surface area contributed by atoms with E-state index in [0.717, 1.165) is 12.1 Å². The number of halogens is 1. The molecule has 0 unspecified atom stereocenters. The monoisotopic (exact) mass is 348 g/mol. The van der Waals surface area contributed by atoms with Crippen molar-refractivity contribution in [2.24, 2.45) is 5.92 Å². The van der Waals surface area contributed by atoms with E-state index in [1.54, 1.807) is 31.4 Å². The van der Waals surface area contributed by atoms with Crippen molar-refractivity contribution in [3.8, 4) is 5.75 Å². The minimum absolute atomic E-state index is 0.220. The van der Waals surface area contributed by atoms with Crippen LogP contribution in [-0.2, 0) is 0 Å². The lowest BCUT2D eigenvalue weighted by molar-refractivity contribution is 0.0946. The third kappa shape index (κ3) is 5.09. The molecule has 0 spiro atoms. The second-order valence-electron chi connectivity index (χ2n) is 5.72. The van der Waals surface area contributed by atoms with Gasteiger partial charge in [-0.05, 0) is 42.7 Å². The highest BCUT2D eigenvalue weighted by Gasteiger charge is 2.08. The lowest BCUT2D eigenvalue weighted by atomic mass is 10.1. The van der Waals surface area contributed by atoms with Crippen LogP contribution in [0.1, 0.15) is 30.8 Å². The maximum atomic E-state index is 11.9. The molecule has 1 heterocycles. The van der Waals surface area contributed by atoms with Gasteiger partial charge >= 0.3 is 0 Å². The molecular formula is C17H21ClN4O2. The number of ether oxygens (including phenoxy) is 1. The largest absolute Gasteiger partial charge is 0.495 e. The molecule has 2 N–H and O–H groups in total. The topological polar surface area (TPSA) is 76.1 Å². The van der Waals surface area contributed by atoms with Gasteiger partial charge in [-0.3, -0.25) is 4.79 Å². The second kappa shape index (κ2) is 8.49. The van der Waals surface area contributed by atoms with E-state index >= 15 is 0 Å². The van der Waals surface area contributed by atoms with E-state index in [0.29, 0.717) is 29.1 Å². The average molecular weight is 349 g/mol. The summed E-state index contributed by atoms with van der Waals surface area (Å²) < 4.78 is 5.11. The number of hydrogen-bond acceptors (Lipinski definition) is 5. The molecule has 0 atom stereocenters. The molecule has 1 aromatic heterocycles. The Bertz CT molecular complexity index is 689. The molecule has 0 aliphatic carbocycles. The maximum absolute atomic E-state index is 11.9. The van der Waals surface area contributed by atoms with Gasteiger partial charge in [0.15, 0.2) is 11.5 Å². The van der Waals surface area contributed by atoms with Gasteiger partial charge < -0.3 is 15.4 Å². The highest BCUT2D eigenvalue weighted by Crippen LogP contribution is 2.28. The van der Waals surface area contributed by atoms with E-state index in [4.69, 9.17) is 16.3 Å². The van der Waals surface area contributed by atoms with Gasteiger partial charge in [0, 0.05) is 12.2 Å². The quantitative estimate of drug-likeness (QED) is 0.798. The maximum Gasteiger partial charge on any atom is 0.271 e. The molecule has 24 heavy (non-hydrogen) atoms. The smallest absolute Gasteiger partial charge is 0.271 e. The van der Waals surface area contributed by atoms with E-state index in [-0.39, 0.29) is 11.6 Å². The minimum atomic E-state index is -0.220. The van der Waals surface area contributed by atoms with Crippen molar-refractivity contribution in [1.82, 2.24) is 15.5 Å². The summed E-state index contributed by atoms with van der Waals surface area (Å²) in [5.41, 5.74) is 1.04. The van der Waals surface area contributed by atoms with Gasteiger partial charge in [-0.1, -0.05) is 25.4 Å². The van der Waals surface area contributed by atoms with Crippen LogP contribution in [0.4, 0.5) is 11.5 Å². The zero-order valence-electron chi connectivity index (χ0n) is 14.0. The predicted octanol–water partition coefficient (Wildman–Crippen LogP) is 3.66. The van der Waals surface area contributed by atoms with Crippen molar-refractivity contribution < 1.29 is 9.53 Å². The number of carbonyl (C=O) groups is 1. The summed E-state index contributed by atoms with van der Waals surface area (Å²) in [6.45, 7) is 4.85. The molecule has 1 amide bonds. The molecule has 0 saturated carbocycles. The molecule has 0 aliphatic heterocycles. The average Bonchev–Trinajstić information content (AvgIpc) is 2.55. The molecule has 2 rings (SSSR count). The van der Waals surface area contributed by atoms with Gasteiger partial charge in [-0.25, -0.2) is 0 Å². The summed E-state index contributed by atoms with van der Waals surface area (Å²) in [5.74, 6) is 1.44. The van der Waals surface area contributed by atoms with Crippen molar-refractivity contribution in [2.75, 3.05) is 19.0 Å². The van der Waals surface area contributed by atoms with Crippen LogP contribution in [0, 0.1) is 5.92 Å². The van der Waals surface area contributed by atoms with Gasteiger partial charge in [0.1, 0.15) is 5.75 Å². The SMILES string of the molecule is COc1ccc(Nc2ccc(C(=O)NCCC(C)C)nn2)cc1Cl. The molecule has 128 valence electrons. The van der Waals surface area contributed by atoms with E-state index < -0.39 is 0 Å². The second-order valence-corrected chi connectivity index (χ2v) is 6.12. The van der Waals surface area contributed by atoms with Crippen LogP contribution in [0.5, 0.6) is 5.75 Å². The number of carbonyl (C=O) groups excluding carboxylic acids is 1. The Balaban J connectivity index is 1.96. The van der Waals surface area contributed by atoms with Crippen molar-refractivity contribution in [2.45, 2.75) is 20.3 Å². The van der Waals surface area contributed by atoms with Crippen LogP contribution in [-0.4, -0.2) is 29.8 Å². The zero-order valence-corrected chi connectivity index (χ0v) is 14.7. The fourth-order valence-electron chi connectivity index (χ4n) is 1.98. The van der Waals surface area contributed by atoms with E-state index in [1.807, 2.05) is 6.07 Å². The van der Waals surface area contributed by atoms with Crippen LogP contribution in [0.2, 0.25) is 5.02 Å². The molecule has 0 radical (unpaired) electrons. The number of nitrogens with zero attached hydrogens (tertiary/aromatic N) is 2. The first-order chi connectivity index (χ1) is 11.5. The summed E-state index contributed by atoms with van der Waals surface area (Å²) in [6, 6.07) is 8.63. The van der Waals surface area contributed by atoms with Gasteiger partial charge in [-0.2, -0.15) is 0 Å². The molecule has 0 bridgehead atoms. The number of rotatable bonds is 7. The number of methoxy groups -OCH3 is 1. The lowest BCUT2D eigenvalue weighted by Gasteiger charge is -2.09. The molecule has 0 saturated heterocycles. The molecule has 1 aromatic carbocycles. The summed E-state index contributed by atoms with van der Waals surface area (Å²) in [4.78, 5) is 11.9. The Labute approximate surface area is 146 Å². The fourth-order valence-corrected chi connectivity index (χ4v) is 2.23. The van der Waals surface area contributed by atoms with Crippen molar-refractivity contribution in [3.63, 3.8) is 0 Å². The zero-order chi connectivity index (χ0) is 17.5. The number of benzene rings is 1. The predicted molar refractivity (Wildman–Crippen MR) is 95.1 cm³/mol. The highest BCUT2D eigenvalue weighted by molar-refractivity contribution is 6.32. The first-order valence-corrected chi connectivity index (χ1v) is 8.10. The number of nitrogens with one attached hydrogen (secondary N) is 2. The Hall–Kier alpha value is -2.34. The van der Waals surface area contributed by atoms with Crippen LogP contribution >= 0.6 is 11.6 Å². The number of aromatic nitrogens is 2. The first-order valence-electron chi connectivity index (χ1n) is 7.72. The third-order valence-electron chi connectivity index (χ3n) is 3.33. The standard InChI is InChI=1S/C17H21ClN4O2/c1-11(2)8-9-19-17(23)14-5-7-16(22-21-14)20-12-4-6-15(24-3)13(18)10-12/h4-7,10-11H,8-9H2,1-3H3,(H,19,23)(H,20,22). The Kier molecular flexibility index (Phi) is 6.37. The van der Waals surface area contributed by atoms with Gasteiger partial charge in [-0.15, -0.1) is 10.2 Å². The molecule has 2 aromatic rings. The van der Waals surface area contributed by atoms with Gasteiger partial charge in [0.2, 0.25) is 0 Å². The van der Waals surface area contributed by atoms with Crippen LogP contribution in [0.15, 0.2) is 30.3 Å². The van der Waals surface area contributed by atoms with E-state index in [2.05, 4.69) is 34.7 Å². The summed E-state index contributed by atoms with van der Waals surface area (Å²) >= 11 is 6.08. The summed E-state index contributed by atoms with van der Waals surface area (Å²) in [7, 11) is 1.56. The fraction of sp³-hybridized carbons (Fsp3) is 0.353. The van der Waals surface area contributed by atoms with Gasteiger partial charge in [0.05, 0.1) is 12.1 Å². The van der Waals surface area contributed by atoms with Crippen molar-refractivity contribution in [1.29, 1.82) is 0 Å².